The van der Waals surface area contributed by atoms with E-state index in [0.717, 1.165) is 0 Å². The number of esters is 1. The fraction of sp³-hybridized carbons (Fsp3) is 0.909. The minimum absolute atomic E-state index is 0.495. The second-order valence-corrected chi connectivity index (χ2v) is 4.89. The van der Waals surface area contributed by atoms with Crippen molar-refractivity contribution in [1.82, 2.24) is 0 Å². The van der Waals surface area contributed by atoms with Crippen molar-refractivity contribution in [3.05, 3.63) is 0 Å². The fourth-order valence-electron chi connectivity index (χ4n) is 2.24. The van der Waals surface area contributed by atoms with E-state index in [-0.39, 0.29) is 0 Å². The quantitative estimate of drug-likeness (QED) is 0.639. The summed E-state index contributed by atoms with van der Waals surface area (Å²) in [6.45, 7) is 4.20. The first kappa shape index (κ1) is 13.7. The van der Waals surface area contributed by atoms with Crippen molar-refractivity contribution in [3.8, 4) is 0 Å². The Balaban J connectivity index is 2.14. The van der Waals surface area contributed by atoms with Crippen LogP contribution in [0.5, 0.6) is 0 Å². The van der Waals surface area contributed by atoms with Gasteiger partial charge in [0.1, 0.15) is 12.2 Å². The molecule has 0 saturated carbocycles. The first-order chi connectivity index (χ1) is 8.34. The Labute approximate surface area is 105 Å². The molecule has 0 spiro atoms. The maximum absolute atomic E-state index is 11.1. The molecule has 104 valence electrons. The van der Waals surface area contributed by atoms with E-state index >= 15 is 0 Å². The van der Waals surface area contributed by atoms with Crippen LogP contribution in [0, 0.1) is 0 Å². The van der Waals surface area contributed by atoms with Crippen molar-refractivity contribution < 1.29 is 34.0 Å². The van der Waals surface area contributed by atoms with Crippen LogP contribution < -0.4 is 0 Å². The maximum atomic E-state index is 11.1. The van der Waals surface area contributed by atoms with Gasteiger partial charge in [-0.3, -0.25) is 4.79 Å². The van der Waals surface area contributed by atoms with E-state index in [4.69, 9.17) is 24.1 Å². The number of fused-ring (bicyclic) bond motifs is 1. The van der Waals surface area contributed by atoms with Gasteiger partial charge in [0.25, 0.3) is 0 Å². The molecule has 2 heterocycles. The lowest BCUT2D eigenvalue weighted by molar-refractivity contribution is -0.230. The van der Waals surface area contributed by atoms with E-state index < -0.39 is 49.1 Å². The first-order valence-corrected chi connectivity index (χ1v) is 5.81. The fourth-order valence-corrected chi connectivity index (χ4v) is 2.24. The van der Waals surface area contributed by atoms with Gasteiger partial charge in [0.05, 0.1) is 6.61 Å². The molecule has 0 bridgehead atoms. The summed E-state index contributed by atoms with van der Waals surface area (Å²) >= 11 is 0. The smallest absolute Gasteiger partial charge is 0.303 e. The Morgan fingerprint density at radius 2 is 2.11 bits per heavy atom. The molecule has 0 aromatic heterocycles. The van der Waals surface area contributed by atoms with Gasteiger partial charge in [-0.2, -0.15) is 0 Å². The second kappa shape index (κ2) is 4.75. The number of carbonyl (C=O) groups is 1. The number of carbonyl (C=O) groups excluding carboxylic acids is 1. The lowest BCUT2D eigenvalue weighted by Crippen LogP contribution is -2.44. The summed E-state index contributed by atoms with van der Waals surface area (Å²) in [4.78, 5) is 11.1. The summed E-state index contributed by atoms with van der Waals surface area (Å²) in [5, 5.41) is 18.6. The highest BCUT2D eigenvalue weighted by Crippen LogP contribution is 2.39. The molecule has 2 rings (SSSR count). The van der Waals surface area contributed by atoms with E-state index in [1.807, 2.05) is 0 Å². The van der Waals surface area contributed by atoms with Crippen LogP contribution in [0.2, 0.25) is 0 Å². The van der Waals surface area contributed by atoms with Crippen molar-refractivity contribution in [3.63, 3.8) is 0 Å². The van der Waals surface area contributed by atoms with Crippen LogP contribution in [-0.4, -0.2) is 59.3 Å². The summed E-state index contributed by atoms with van der Waals surface area (Å²) in [6.07, 6.45) is -4.12. The molecule has 18 heavy (non-hydrogen) atoms. The molecule has 2 aliphatic rings. The van der Waals surface area contributed by atoms with E-state index in [0.29, 0.717) is 0 Å². The highest BCUT2D eigenvalue weighted by atomic mass is 16.8. The second-order valence-electron chi connectivity index (χ2n) is 4.89. The normalized spacial score (nSPS) is 39.4. The molecule has 5 atom stereocenters. The van der Waals surface area contributed by atoms with Crippen molar-refractivity contribution in [1.29, 1.82) is 0 Å². The zero-order valence-electron chi connectivity index (χ0n) is 10.5. The van der Waals surface area contributed by atoms with Gasteiger partial charge in [-0.25, -0.2) is 0 Å². The van der Waals surface area contributed by atoms with Crippen LogP contribution in [0.15, 0.2) is 0 Å². The zero-order valence-corrected chi connectivity index (χ0v) is 10.5. The minimum atomic E-state index is -1.16. The average molecular weight is 262 g/mol. The Bertz CT molecular complexity index is 329. The predicted octanol–water partition coefficient (Wildman–Crippen LogP) is -0.852. The van der Waals surface area contributed by atoms with Crippen molar-refractivity contribution >= 4 is 5.97 Å². The van der Waals surface area contributed by atoms with Crippen molar-refractivity contribution in [2.24, 2.45) is 0 Å². The first-order valence-electron chi connectivity index (χ1n) is 5.81. The van der Waals surface area contributed by atoms with E-state index in [9.17, 15) is 9.90 Å². The number of rotatable bonds is 3. The highest BCUT2D eigenvalue weighted by Gasteiger charge is 2.57. The number of hydrogen-bond acceptors (Lipinski definition) is 7. The number of hydrogen-bond donors (Lipinski definition) is 2. The third-order valence-corrected chi connectivity index (χ3v) is 2.90. The largest absolute Gasteiger partial charge is 0.457 e. The standard InChI is InChI=1S/C11H18O7/c1-5(13)15-8-7(6(14)4-12)16-10-9(8)17-11(2,3)18-10/h6-10,12,14H,4H2,1-3H3/t6-,7-,8-,9-,10-/m1/s1. The van der Waals surface area contributed by atoms with Crippen LogP contribution in [0.3, 0.4) is 0 Å². The molecular weight excluding hydrogens is 244 g/mol. The highest BCUT2D eigenvalue weighted by molar-refractivity contribution is 5.66. The van der Waals surface area contributed by atoms with Crippen LogP contribution >= 0.6 is 0 Å². The Kier molecular flexibility index (Phi) is 3.61. The molecule has 0 radical (unpaired) electrons. The molecule has 2 aliphatic heterocycles. The van der Waals surface area contributed by atoms with Gasteiger partial charge in [-0.1, -0.05) is 0 Å². The van der Waals surface area contributed by atoms with Crippen LogP contribution in [0.25, 0.3) is 0 Å². The molecule has 0 aliphatic carbocycles. The van der Waals surface area contributed by atoms with Crippen LogP contribution in [-0.2, 0) is 23.7 Å². The third kappa shape index (κ3) is 2.50. The summed E-state index contributed by atoms with van der Waals surface area (Å²) < 4.78 is 21.6. The van der Waals surface area contributed by atoms with Gasteiger partial charge >= 0.3 is 5.97 Å². The Hall–Kier alpha value is -0.730. The molecule has 0 unspecified atom stereocenters. The molecule has 2 N–H and O–H groups in total. The molecule has 7 nitrogen and oxygen atoms in total. The maximum Gasteiger partial charge on any atom is 0.303 e. The van der Waals surface area contributed by atoms with E-state index in [1.165, 1.54) is 6.92 Å². The summed E-state index contributed by atoms with van der Waals surface area (Å²) in [6, 6.07) is 0. The molecule has 0 aromatic rings. The minimum Gasteiger partial charge on any atom is -0.457 e. The molecule has 2 fully saturated rings. The lowest BCUT2D eigenvalue weighted by atomic mass is 10.1. The van der Waals surface area contributed by atoms with Gasteiger partial charge in [0.2, 0.25) is 0 Å². The van der Waals surface area contributed by atoms with Crippen LogP contribution in [0.4, 0.5) is 0 Å². The van der Waals surface area contributed by atoms with Crippen LogP contribution in [0.1, 0.15) is 20.8 Å². The predicted molar refractivity (Wildman–Crippen MR) is 57.3 cm³/mol. The number of aliphatic hydroxyl groups excluding tert-OH is 2. The average Bonchev–Trinajstić information content (AvgIpc) is 2.71. The van der Waals surface area contributed by atoms with Gasteiger partial charge in [-0.05, 0) is 13.8 Å². The van der Waals surface area contributed by atoms with Crippen molar-refractivity contribution in [2.45, 2.75) is 57.3 Å². The van der Waals surface area contributed by atoms with Gasteiger partial charge in [0.15, 0.2) is 24.3 Å². The Morgan fingerprint density at radius 3 is 2.67 bits per heavy atom. The summed E-state index contributed by atoms with van der Waals surface area (Å²) in [5.74, 6) is -1.34. The third-order valence-electron chi connectivity index (χ3n) is 2.90. The molecular formula is C11H18O7. The lowest BCUT2D eigenvalue weighted by Gasteiger charge is -2.27. The van der Waals surface area contributed by atoms with E-state index in [1.54, 1.807) is 13.8 Å². The zero-order chi connectivity index (χ0) is 13.5. The number of ether oxygens (including phenoxy) is 4. The summed E-state index contributed by atoms with van der Waals surface area (Å²) in [7, 11) is 0. The van der Waals surface area contributed by atoms with E-state index in [2.05, 4.69) is 0 Å². The monoisotopic (exact) mass is 262 g/mol. The summed E-state index contributed by atoms with van der Waals surface area (Å²) in [5.41, 5.74) is 0. The topological polar surface area (TPSA) is 94.5 Å². The van der Waals surface area contributed by atoms with Crippen molar-refractivity contribution in [2.75, 3.05) is 6.61 Å². The molecule has 7 heteroatoms. The molecule has 2 saturated heterocycles. The SMILES string of the molecule is CC(=O)O[C@H]1[C@H]2OC(C)(C)O[C@H]2O[C@@H]1[C@H](O)CO. The Morgan fingerprint density at radius 1 is 1.44 bits per heavy atom. The van der Waals surface area contributed by atoms with Gasteiger partial charge in [0, 0.05) is 6.92 Å². The molecule has 0 aromatic carbocycles. The van der Waals surface area contributed by atoms with Gasteiger partial charge in [-0.15, -0.1) is 0 Å². The number of aliphatic hydroxyl groups is 2. The molecule has 0 amide bonds. The van der Waals surface area contributed by atoms with Gasteiger partial charge < -0.3 is 29.2 Å².